The predicted molar refractivity (Wildman–Crippen MR) is 174 cm³/mol. The maximum absolute atomic E-state index is 13.2. The van der Waals surface area contributed by atoms with Gasteiger partial charge in [0.05, 0.1) is 24.9 Å². The molecule has 10 heteroatoms. The Morgan fingerprint density at radius 2 is 1.62 bits per heavy atom. The Labute approximate surface area is 264 Å². The largest absolute Gasteiger partial charge is 0.497 e. The first-order chi connectivity index (χ1) is 21.9. The quantitative estimate of drug-likeness (QED) is 0.319. The van der Waals surface area contributed by atoms with Crippen LogP contribution in [0.3, 0.4) is 0 Å². The number of ether oxygens (including phenoxy) is 2. The molecule has 2 aliphatic rings. The van der Waals surface area contributed by atoms with Gasteiger partial charge in [-0.15, -0.1) is 0 Å². The molecule has 1 heterocycles. The van der Waals surface area contributed by atoms with Crippen molar-refractivity contribution in [3.8, 4) is 5.75 Å². The molecule has 3 aromatic rings. The average molecular weight is 614 g/mol. The number of nitrogens with two attached hydrogens (primary N) is 1. The van der Waals surface area contributed by atoms with E-state index in [-0.39, 0.29) is 30.5 Å². The first-order valence-corrected chi connectivity index (χ1v) is 15.7. The van der Waals surface area contributed by atoms with Crippen LogP contribution in [-0.2, 0) is 22.6 Å². The molecule has 5 rings (SSSR count). The number of hydrogen-bond acceptors (Lipinski definition) is 7. The summed E-state index contributed by atoms with van der Waals surface area (Å²) in [5, 5.41) is 6.02. The lowest BCUT2D eigenvalue weighted by atomic mass is 9.91. The van der Waals surface area contributed by atoms with Crippen molar-refractivity contribution in [1.29, 1.82) is 0 Å². The summed E-state index contributed by atoms with van der Waals surface area (Å²) < 4.78 is 10.7. The molecule has 1 saturated carbocycles. The van der Waals surface area contributed by atoms with Gasteiger partial charge in [-0.05, 0) is 73.6 Å². The zero-order valence-corrected chi connectivity index (χ0v) is 25.9. The molecule has 1 aliphatic carbocycles. The topological polar surface area (TPSA) is 126 Å². The fourth-order valence-electron chi connectivity index (χ4n) is 5.89. The van der Waals surface area contributed by atoms with E-state index in [1.165, 1.54) is 0 Å². The Morgan fingerprint density at radius 1 is 0.867 bits per heavy atom. The predicted octanol–water partition coefficient (Wildman–Crippen LogP) is 4.73. The monoisotopic (exact) mass is 613 g/mol. The number of amides is 3. The molecule has 0 unspecified atom stereocenters. The van der Waals surface area contributed by atoms with Crippen LogP contribution >= 0.6 is 0 Å². The Morgan fingerprint density at radius 3 is 2.36 bits per heavy atom. The maximum atomic E-state index is 13.2. The Balaban J connectivity index is 1.28. The highest BCUT2D eigenvalue weighted by atomic mass is 16.5. The van der Waals surface area contributed by atoms with Crippen molar-refractivity contribution in [3.63, 3.8) is 0 Å². The third-order valence-electron chi connectivity index (χ3n) is 8.52. The van der Waals surface area contributed by atoms with Gasteiger partial charge in [0.15, 0.2) is 0 Å². The van der Waals surface area contributed by atoms with Crippen molar-refractivity contribution in [3.05, 3.63) is 89.5 Å². The highest BCUT2D eigenvalue weighted by molar-refractivity contribution is 5.98. The van der Waals surface area contributed by atoms with Crippen molar-refractivity contribution >= 4 is 29.3 Å². The molecule has 1 saturated heterocycles. The molecule has 0 spiro atoms. The Kier molecular flexibility index (Phi) is 10.9. The van der Waals surface area contributed by atoms with E-state index >= 15 is 0 Å². The minimum Gasteiger partial charge on any atom is -0.497 e. The number of nitrogens with zero attached hydrogens (tertiary/aromatic N) is 2. The van der Waals surface area contributed by atoms with Gasteiger partial charge in [0.25, 0.3) is 5.91 Å². The number of carbonyl (C=O) groups excluding carboxylic acids is 3. The molecule has 1 aliphatic heterocycles. The molecule has 0 radical (unpaired) electrons. The number of nitrogens with one attached hydrogen (secondary N) is 2. The second kappa shape index (κ2) is 15.4. The summed E-state index contributed by atoms with van der Waals surface area (Å²) in [5.41, 5.74) is 9.57. The van der Waals surface area contributed by atoms with Gasteiger partial charge in [0.1, 0.15) is 12.4 Å². The first kappa shape index (κ1) is 31.8. The van der Waals surface area contributed by atoms with Crippen LogP contribution in [0.1, 0.15) is 53.6 Å². The van der Waals surface area contributed by atoms with Crippen LogP contribution in [0.5, 0.6) is 5.75 Å². The molecule has 4 N–H and O–H groups in total. The lowest BCUT2D eigenvalue weighted by Gasteiger charge is -2.28. The highest BCUT2D eigenvalue weighted by Crippen LogP contribution is 2.29. The third-order valence-corrected chi connectivity index (χ3v) is 8.52. The van der Waals surface area contributed by atoms with Gasteiger partial charge < -0.3 is 30.3 Å². The Hall–Kier alpha value is -4.57. The minimum atomic E-state index is -0.606. The van der Waals surface area contributed by atoms with Crippen LogP contribution < -0.4 is 26.0 Å². The van der Waals surface area contributed by atoms with Crippen molar-refractivity contribution in [2.24, 2.45) is 5.73 Å². The van der Waals surface area contributed by atoms with Crippen molar-refractivity contribution in [1.82, 2.24) is 10.2 Å². The van der Waals surface area contributed by atoms with E-state index in [0.29, 0.717) is 43.9 Å². The number of anilines is 2. The number of carbonyl (C=O) groups is 3. The van der Waals surface area contributed by atoms with Gasteiger partial charge in [-0.3, -0.25) is 14.9 Å². The number of hydrogen-bond donors (Lipinski definition) is 3. The average Bonchev–Trinajstić information content (AvgIpc) is 3.32. The molecule has 10 nitrogen and oxygen atoms in total. The van der Waals surface area contributed by atoms with Gasteiger partial charge in [-0.1, -0.05) is 42.5 Å². The summed E-state index contributed by atoms with van der Waals surface area (Å²) in [7, 11) is 1.62. The minimum absolute atomic E-state index is 0.0699. The highest BCUT2D eigenvalue weighted by Gasteiger charge is 2.24. The van der Waals surface area contributed by atoms with Gasteiger partial charge in [0.2, 0.25) is 5.91 Å². The molecule has 0 aromatic heterocycles. The lowest BCUT2D eigenvalue weighted by Crippen LogP contribution is -2.40. The zero-order chi connectivity index (χ0) is 31.6. The molecule has 45 heavy (non-hydrogen) atoms. The summed E-state index contributed by atoms with van der Waals surface area (Å²) in [6.07, 6.45) is 3.95. The molecule has 2 fully saturated rings. The molecular formula is C35H43N5O5. The summed E-state index contributed by atoms with van der Waals surface area (Å²) >= 11 is 0. The van der Waals surface area contributed by atoms with E-state index in [1.807, 2.05) is 65.6 Å². The number of benzene rings is 3. The van der Waals surface area contributed by atoms with Crippen LogP contribution in [0.2, 0.25) is 0 Å². The first-order valence-electron chi connectivity index (χ1n) is 15.7. The van der Waals surface area contributed by atoms with Gasteiger partial charge in [-0.25, -0.2) is 4.79 Å². The molecule has 0 bridgehead atoms. The molecule has 0 atom stereocenters. The van der Waals surface area contributed by atoms with Gasteiger partial charge >= 0.3 is 6.09 Å². The van der Waals surface area contributed by atoms with Crippen LogP contribution in [0.4, 0.5) is 16.2 Å². The summed E-state index contributed by atoms with van der Waals surface area (Å²) in [5.74, 6) is 0.640. The van der Waals surface area contributed by atoms with Gasteiger partial charge in [0, 0.05) is 43.8 Å². The Bertz CT molecular complexity index is 1440. The second-order valence-electron chi connectivity index (χ2n) is 11.8. The van der Waals surface area contributed by atoms with Crippen LogP contribution in [-0.4, -0.2) is 68.2 Å². The lowest BCUT2D eigenvalue weighted by molar-refractivity contribution is -0.130. The molecule has 238 valence electrons. The van der Waals surface area contributed by atoms with Crippen molar-refractivity contribution in [2.45, 2.75) is 57.2 Å². The van der Waals surface area contributed by atoms with E-state index in [2.05, 4.69) is 15.5 Å². The van der Waals surface area contributed by atoms with Crippen LogP contribution in [0, 0.1) is 0 Å². The third kappa shape index (κ3) is 8.98. The summed E-state index contributed by atoms with van der Waals surface area (Å²) in [6.45, 7) is 2.57. The SMILES string of the molecule is COc1ccc(CC(=O)N2CCCN(c3ccc(C(=O)NC4CCC(N)CC4)cc3NC(=O)OCc3ccccc3)CC2)cc1. The second-order valence-corrected chi connectivity index (χ2v) is 11.8. The molecule has 3 aromatic carbocycles. The fraction of sp³-hybridized carbons (Fsp3) is 0.400. The molecular weight excluding hydrogens is 570 g/mol. The molecule has 3 amide bonds. The van der Waals surface area contributed by atoms with E-state index in [9.17, 15) is 14.4 Å². The maximum Gasteiger partial charge on any atom is 0.412 e. The summed E-state index contributed by atoms with van der Waals surface area (Å²) in [6, 6.07) is 22.7. The summed E-state index contributed by atoms with van der Waals surface area (Å²) in [4.78, 5) is 43.4. The van der Waals surface area contributed by atoms with Gasteiger partial charge in [-0.2, -0.15) is 0 Å². The van der Waals surface area contributed by atoms with E-state index < -0.39 is 6.09 Å². The van der Waals surface area contributed by atoms with E-state index in [1.54, 1.807) is 19.2 Å². The van der Waals surface area contributed by atoms with Crippen LogP contribution in [0.15, 0.2) is 72.8 Å². The number of rotatable bonds is 9. The van der Waals surface area contributed by atoms with E-state index in [4.69, 9.17) is 15.2 Å². The van der Waals surface area contributed by atoms with Crippen molar-refractivity contribution < 1.29 is 23.9 Å². The van der Waals surface area contributed by atoms with Crippen LogP contribution in [0.25, 0.3) is 0 Å². The fourth-order valence-corrected chi connectivity index (χ4v) is 5.89. The standard InChI is InChI=1S/C35H43N5O5/c1-44-30-15-8-25(9-16-30)22-33(41)40-19-5-18-39(20-21-40)32-17-10-27(34(42)37-29-13-11-28(36)12-14-29)23-31(32)38-35(43)45-24-26-6-3-2-4-7-26/h2-4,6-10,15-17,23,28-29H,5,11-14,18-22,24,36H2,1H3,(H,37,42)(H,38,43). The smallest absolute Gasteiger partial charge is 0.412 e. The van der Waals surface area contributed by atoms with Crippen molar-refractivity contribution in [2.75, 3.05) is 43.5 Å². The normalized spacial score (nSPS) is 18.4. The van der Waals surface area contributed by atoms with E-state index in [0.717, 1.165) is 54.7 Å². The zero-order valence-electron chi connectivity index (χ0n) is 25.9. The number of methoxy groups -OCH3 is 1.